The monoisotopic (exact) mass is 405 g/mol. The van der Waals surface area contributed by atoms with Crippen LogP contribution in [0.5, 0.6) is 0 Å². The van der Waals surface area contributed by atoms with Gasteiger partial charge in [0.2, 0.25) is 10.0 Å². The number of hydrogen-bond acceptors (Lipinski definition) is 5. The van der Waals surface area contributed by atoms with Crippen molar-refractivity contribution in [3.63, 3.8) is 0 Å². The van der Waals surface area contributed by atoms with Crippen LogP contribution in [-0.2, 0) is 25.1 Å². The molecule has 0 radical (unpaired) electrons. The second kappa shape index (κ2) is 5.89. The minimum absolute atomic E-state index is 0.0429. The van der Waals surface area contributed by atoms with E-state index in [1.54, 1.807) is 38.1 Å². The minimum atomic E-state index is -3.97. The normalized spacial score (nSPS) is 26.8. The molecule has 2 aromatic carbocycles. The maximum Gasteiger partial charge on any atom is 0.334 e. The van der Waals surface area contributed by atoms with Crippen LogP contribution in [0.2, 0.25) is 5.02 Å². The summed E-state index contributed by atoms with van der Waals surface area (Å²) in [5, 5.41) is 0.455. The van der Waals surface area contributed by atoms with Gasteiger partial charge in [-0.15, -0.1) is 0 Å². The van der Waals surface area contributed by atoms with Crippen LogP contribution < -0.4 is 0 Å². The summed E-state index contributed by atoms with van der Waals surface area (Å²) in [7, 11) is -3.97. The molecule has 0 spiro atoms. The SMILES string of the molecule is CCOC(=O)[C@@]12c3cc(C)ccc3S(=O)(=O)N1[C@H]2C(=O)c1ccc(Cl)cc1. The third-order valence-electron chi connectivity index (χ3n) is 4.96. The molecule has 1 fully saturated rings. The Bertz CT molecular complexity index is 1080. The van der Waals surface area contributed by atoms with Crippen molar-refractivity contribution in [1.29, 1.82) is 0 Å². The molecule has 1 unspecified atom stereocenters. The second-order valence-corrected chi connectivity index (χ2v) is 8.78. The molecule has 0 N–H and O–H groups in total. The van der Waals surface area contributed by atoms with Crippen molar-refractivity contribution >= 4 is 33.4 Å². The highest BCUT2D eigenvalue weighted by molar-refractivity contribution is 7.90. The van der Waals surface area contributed by atoms with Crippen molar-refractivity contribution in [1.82, 2.24) is 4.31 Å². The number of esters is 1. The van der Waals surface area contributed by atoms with Crippen LogP contribution in [0.1, 0.15) is 28.4 Å². The first-order chi connectivity index (χ1) is 12.8. The van der Waals surface area contributed by atoms with E-state index in [4.69, 9.17) is 16.3 Å². The molecule has 0 bridgehead atoms. The Labute approximate surface area is 161 Å². The van der Waals surface area contributed by atoms with Crippen LogP contribution in [0.3, 0.4) is 0 Å². The fraction of sp³-hybridized carbons (Fsp3) is 0.263. The summed E-state index contributed by atoms with van der Waals surface area (Å²) in [6, 6.07) is 9.74. The Morgan fingerprint density at radius 3 is 2.48 bits per heavy atom. The van der Waals surface area contributed by atoms with E-state index in [9.17, 15) is 18.0 Å². The van der Waals surface area contributed by atoms with Crippen LogP contribution in [0.4, 0.5) is 0 Å². The summed E-state index contributed by atoms with van der Waals surface area (Å²) < 4.78 is 32.1. The van der Waals surface area contributed by atoms with E-state index in [0.717, 1.165) is 9.87 Å². The molecule has 2 aliphatic heterocycles. The number of ether oxygens (including phenoxy) is 1. The van der Waals surface area contributed by atoms with Gasteiger partial charge < -0.3 is 4.74 Å². The van der Waals surface area contributed by atoms with E-state index >= 15 is 0 Å². The molecular formula is C19H16ClNO5S. The number of ketones is 1. The maximum atomic E-state index is 13.1. The number of halogens is 1. The Balaban J connectivity index is 1.89. The average molecular weight is 406 g/mol. The van der Waals surface area contributed by atoms with Gasteiger partial charge in [-0.1, -0.05) is 29.3 Å². The zero-order valence-electron chi connectivity index (χ0n) is 14.6. The predicted octanol–water partition coefficient (Wildman–Crippen LogP) is 2.68. The summed E-state index contributed by atoms with van der Waals surface area (Å²) >= 11 is 5.86. The summed E-state index contributed by atoms with van der Waals surface area (Å²) in [5.74, 6) is -1.19. The van der Waals surface area contributed by atoms with E-state index in [1.165, 1.54) is 18.2 Å². The number of aryl methyl sites for hydroxylation is 1. The first-order valence-corrected chi connectivity index (χ1v) is 10.2. The zero-order chi connectivity index (χ0) is 19.6. The molecule has 4 rings (SSSR count). The number of rotatable bonds is 4. The summed E-state index contributed by atoms with van der Waals surface area (Å²) in [5.41, 5.74) is -0.258. The molecule has 2 heterocycles. The van der Waals surface area contributed by atoms with Gasteiger partial charge in [0.25, 0.3) is 0 Å². The number of benzene rings is 2. The fourth-order valence-electron chi connectivity index (χ4n) is 3.76. The van der Waals surface area contributed by atoms with Gasteiger partial charge in [0.15, 0.2) is 11.3 Å². The molecule has 3 atom stereocenters. The van der Waals surface area contributed by atoms with Crippen LogP contribution in [0, 0.1) is 6.92 Å². The zero-order valence-corrected chi connectivity index (χ0v) is 16.2. The number of nitrogens with zero attached hydrogens (tertiary/aromatic N) is 1. The lowest BCUT2D eigenvalue weighted by Gasteiger charge is -2.14. The maximum absolute atomic E-state index is 13.1. The Morgan fingerprint density at radius 2 is 1.85 bits per heavy atom. The molecule has 0 aliphatic carbocycles. The van der Waals surface area contributed by atoms with Crippen molar-refractivity contribution in [3.05, 3.63) is 64.2 Å². The molecule has 2 aromatic rings. The lowest BCUT2D eigenvalue weighted by molar-refractivity contribution is -0.147. The van der Waals surface area contributed by atoms with Crippen molar-refractivity contribution in [2.75, 3.05) is 6.61 Å². The third-order valence-corrected chi connectivity index (χ3v) is 7.14. The third kappa shape index (κ3) is 2.32. The Hall–Kier alpha value is -2.22. The van der Waals surface area contributed by atoms with E-state index in [1.807, 2.05) is 0 Å². The highest BCUT2D eigenvalue weighted by Gasteiger charge is 2.82. The molecule has 6 nitrogen and oxygen atoms in total. The molecule has 8 heteroatoms. The van der Waals surface area contributed by atoms with Gasteiger partial charge >= 0.3 is 5.97 Å². The molecule has 140 valence electrons. The quantitative estimate of drug-likeness (QED) is 0.444. The van der Waals surface area contributed by atoms with E-state index < -0.39 is 33.4 Å². The predicted molar refractivity (Wildman–Crippen MR) is 98.1 cm³/mol. The topological polar surface area (TPSA) is 80.5 Å². The highest BCUT2D eigenvalue weighted by atomic mass is 35.5. The van der Waals surface area contributed by atoms with Gasteiger partial charge in [-0.25, -0.2) is 13.2 Å². The van der Waals surface area contributed by atoms with E-state index in [0.29, 0.717) is 10.6 Å². The molecule has 0 saturated carbocycles. The number of carbonyl (C=O) groups is 2. The van der Waals surface area contributed by atoms with Gasteiger partial charge in [-0.2, -0.15) is 4.31 Å². The van der Waals surface area contributed by atoms with Crippen LogP contribution in [0.25, 0.3) is 0 Å². The largest absolute Gasteiger partial charge is 0.464 e. The second-order valence-electron chi connectivity index (χ2n) is 6.56. The average Bonchev–Trinajstić information content (AvgIpc) is 3.29. The number of fused-ring (bicyclic) bond motifs is 3. The van der Waals surface area contributed by atoms with Crippen LogP contribution in [0.15, 0.2) is 47.4 Å². The van der Waals surface area contributed by atoms with Crippen LogP contribution in [-0.4, -0.2) is 37.1 Å². The van der Waals surface area contributed by atoms with Gasteiger partial charge in [0.05, 0.1) is 11.5 Å². The van der Waals surface area contributed by atoms with Crippen molar-refractivity contribution in [3.8, 4) is 0 Å². The first kappa shape index (κ1) is 18.2. The van der Waals surface area contributed by atoms with Crippen molar-refractivity contribution in [2.45, 2.75) is 30.3 Å². The summed E-state index contributed by atoms with van der Waals surface area (Å²) in [4.78, 5) is 26.0. The molecule has 0 amide bonds. The summed E-state index contributed by atoms with van der Waals surface area (Å²) in [6.45, 7) is 3.52. The van der Waals surface area contributed by atoms with Crippen molar-refractivity contribution in [2.24, 2.45) is 0 Å². The van der Waals surface area contributed by atoms with Gasteiger partial charge in [-0.3, -0.25) is 4.79 Å². The van der Waals surface area contributed by atoms with E-state index in [2.05, 4.69) is 0 Å². The number of carbonyl (C=O) groups excluding carboxylic acids is 2. The smallest absolute Gasteiger partial charge is 0.334 e. The lowest BCUT2D eigenvalue weighted by atomic mass is 9.90. The molecule has 0 aromatic heterocycles. The molecule has 27 heavy (non-hydrogen) atoms. The van der Waals surface area contributed by atoms with Gasteiger partial charge in [0.1, 0.15) is 6.04 Å². The Morgan fingerprint density at radius 1 is 1.19 bits per heavy atom. The standard InChI is InChI=1S/C19H16ClNO5S/c1-3-26-18(23)19-14-10-11(2)4-9-15(14)27(24,25)21(19)17(19)16(22)12-5-7-13(20)8-6-12/h4-10,17H,3H2,1-2H3/t17-,19-,21?/m0/s1. The van der Waals surface area contributed by atoms with Crippen molar-refractivity contribution < 1.29 is 22.7 Å². The fourth-order valence-corrected chi connectivity index (χ4v) is 5.96. The highest BCUT2D eigenvalue weighted by Crippen LogP contribution is 2.62. The van der Waals surface area contributed by atoms with Gasteiger partial charge in [0, 0.05) is 16.1 Å². The molecule has 1 saturated heterocycles. The summed E-state index contributed by atoms with van der Waals surface area (Å²) in [6.07, 6.45) is 0. The van der Waals surface area contributed by atoms with Gasteiger partial charge in [-0.05, 0) is 44.2 Å². The lowest BCUT2D eigenvalue weighted by Crippen LogP contribution is -2.30. The Kier molecular flexibility index (Phi) is 3.96. The number of hydrogen-bond donors (Lipinski definition) is 0. The molecular weight excluding hydrogens is 390 g/mol. The van der Waals surface area contributed by atoms with E-state index in [-0.39, 0.29) is 17.1 Å². The first-order valence-electron chi connectivity index (χ1n) is 8.39. The van der Waals surface area contributed by atoms with Crippen LogP contribution >= 0.6 is 11.6 Å². The minimum Gasteiger partial charge on any atom is -0.464 e. The number of Topliss-reactive ketones (excluding diaryl/α,β-unsaturated/α-hetero) is 1. The molecule has 2 aliphatic rings. The number of sulfonamides is 1.